The van der Waals surface area contributed by atoms with Crippen molar-refractivity contribution in [3.05, 3.63) is 0 Å². The predicted octanol–water partition coefficient (Wildman–Crippen LogP) is 1.10. The van der Waals surface area contributed by atoms with Crippen LogP contribution in [0.15, 0.2) is 0 Å². The molecule has 0 aromatic carbocycles. The van der Waals surface area contributed by atoms with Crippen LogP contribution in [-0.2, 0) is 14.3 Å². The second-order valence-corrected chi connectivity index (χ2v) is 6.66. The molecule has 0 bridgehead atoms. The van der Waals surface area contributed by atoms with Crippen molar-refractivity contribution in [2.45, 2.75) is 45.1 Å². The van der Waals surface area contributed by atoms with Crippen molar-refractivity contribution in [3.63, 3.8) is 0 Å². The van der Waals surface area contributed by atoms with E-state index in [1.807, 2.05) is 6.92 Å². The molecule has 1 heterocycles. The molecule has 2 rings (SSSR count). The first kappa shape index (κ1) is 15.7. The molecule has 1 aliphatic heterocycles. The molecule has 0 radical (unpaired) electrons. The average molecular weight is 285 g/mol. The SMILES string of the molecule is CCOC(=O)C1CCC(O)(CNCC2(C)COC2)CC1. The van der Waals surface area contributed by atoms with Crippen LogP contribution < -0.4 is 5.32 Å². The molecule has 0 aromatic rings. The molecule has 0 spiro atoms. The summed E-state index contributed by atoms with van der Waals surface area (Å²) < 4.78 is 10.3. The lowest BCUT2D eigenvalue weighted by Gasteiger charge is -2.40. The normalized spacial score (nSPS) is 32.5. The summed E-state index contributed by atoms with van der Waals surface area (Å²) in [5.74, 6) is -0.144. The van der Waals surface area contributed by atoms with Crippen molar-refractivity contribution in [3.8, 4) is 0 Å². The summed E-state index contributed by atoms with van der Waals surface area (Å²) in [5, 5.41) is 13.9. The van der Waals surface area contributed by atoms with Gasteiger partial charge in [0.25, 0.3) is 0 Å². The number of hydrogen-bond donors (Lipinski definition) is 2. The number of esters is 1. The van der Waals surface area contributed by atoms with Gasteiger partial charge in [-0.15, -0.1) is 0 Å². The van der Waals surface area contributed by atoms with E-state index < -0.39 is 5.60 Å². The van der Waals surface area contributed by atoms with Crippen LogP contribution in [-0.4, -0.2) is 49.6 Å². The van der Waals surface area contributed by atoms with Crippen LogP contribution in [0, 0.1) is 11.3 Å². The molecule has 2 fully saturated rings. The monoisotopic (exact) mass is 285 g/mol. The molecular weight excluding hydrogens is 258 g/mol. The highest BCUT2D eigenvalue weighted by Crippen LogP contribution is 2.33. The van der Waals surface area contributed by atoms with Crippen LogP contribution in [0.25, 0.3) is 0 Å². The molecule has 0 amide bonds. The van der Waals surface area contributed by atoms with E-state index in [0.29, 0.717) is 26.0 Å². The largest absolute Gasteiger partial charge is 0.466 e. The molecule has 0 aromatic heterocycles. The summed E-state index contributed by atoms with van der Waals surface area (Å²) in [4.78, 5) is 11.7. The zero-order valence-corrected chi connectivity index (χ0v) is 12.6. The maximum Gasteiger partial charge on any atom is 0.308 e. The van der Waals surface area contributed by atoms with Gasteiger partial charge in [0.15, 0.2) is 0 Å². The van der Waals surface area contributed by atoms with Crippen LogP contribution in [0.2, 0.25) is 0 Å². The Labute approximate surface area is 121 Å². The first-order valence-corrected chi connectivity index (χ1v) is 7.64. The van der Waals surface area contributed by atoms with Gasteiger partial charge < -0.3 is 19.9 Å². The third-order valence-electron chi connectivity index (χ3n) is 4.44. The second kappa shape index (κ2) is 6.41. The quantitative estimate of drug-likeness (QED) is 0.715. The van der Waals surface area contributed by atoms with Gasteiger partial charge in [0.05, 0.1) is 31.3 Å². The molecule has 20 heavy (non-hydrogen) atoms. The van der Waals surface area contributed by atoms with E-state index >= 15 is 0 Å². The van der Waals surface area contributed by atoms with E-state index in [4.69, 9.17) is 9.47 Å². The number of ether oxygens (including phenoxy) is 2. The Morgan fingerprint density at radius 3 is 2.50 bits per heavy atom. The molecule has 1 aliphatic carbocycles. The average Bonchev–Trinajstić information content (AvgIpc) is 2.37. The Bertz CT molecular complexity index is 333. The summed E-state index contributed by atoms with van der Waals surface area (Å²) >= 11 is 0. The van der Waals surface area contributed by atoms with E-state index in [-0.39, 0.29) is 17.3 Å². The topological polar surface area (TPSA) is 67.8 Å². The van der Waals surface area contributed by atoms with Gasteiger partial charge in [0, 0.05) is 18.5 Å². The standard InChI is InChI=1S/C15H27NO4/c1-3-20-13(17)12-4-6-15(18,7-5-12)9-16-8-14(2)10-19-11-14/h12,16,18H,3-11H2,1-2H3. The van der Waals surface area contributed by atoms with Gasteiger partial charge in [-0.05, 0) is 32.6 Å². The van der Waals surface area contributed by atoms with E-state index in [1.165, 1.54) is 0 Å². The molecule has 2 N–H and O–H groups in total. The number of rotatable bonds is 6. The summed E-state index contributed by atoms with van der Waals surface area (Å²) in [6.07, 6.45) is 2.77. The van der Waals surface area contributed by atoms with Gasteiger partial charge in [-0.25, -0.2) is 0 Å². The third-order valence-corrected chi connectivity index (χ3v) is 4.44. The van der Waals surface area contributed by atoms with Crippen molar-refractivity contribution >= 4 is 5.97 Å². The number of aliphatic hydroxyl groups is 1. The van der Waals surface area contributed by atoms with Gasteiger partial charge in [-0.1, -0.05) is 6.92 Å². The summed E-state index contributed by atoms with van der Waals surface area (Å²) in [7, 11) is 0. The smallest absolute Gasteiger partial charge is 0.308 e. The van der Waals surface area contributed by atoms with Crippen molar-refractivity contribution in [1.82, 2.24) is 5.32 Å². The highest BCUT2D eigenvalue weighted by atomic mass is 16.5. The Morgan fingerprint density at radius 2 is 2.00 bits per heavy atom. The maximum atomic E-state index is 11.7. The van der Waals surface area contributed by atoms with E-state index in [1.54, 1.807) is 0 Å². The van der Waals surface area contributed by atoms with Crippen molar-refractivity contribution in [2.24, 2.45) is 11.3 Å². The minimum Gasteiger partial charge on any atom is -0.466 e. The van der Waals surface area contributed by atoms with Crippen LogP contribution >= 0.6 is 0 Å². The summed E-state index contributed by atoms with van der Waals surface area (Å²) in [6.45, 7) is 7.50. The van der Waals surface area contributed by atoms with Crippen molar-refractivity contribution in [1.29, 1.82) is 0 Å². The Kier molecular flexibility index (Phi) is 5.04. The Balaban J connectivity index is 1.69. The minimum absolute atomic E-state index is 0.0345. The second-order valence-electron chi connectivity index (χ2n) is 6.66. The minimum atomic E-state index is -0.677. The van der Waals surface area contributed by atoms with Gasteiger partial charge in [0.2, 0.25) is 0 Å². The molecular formula is C15H27NO4. The number of carbonyl (C=O) groups is 1. The van der Waals surface area contributed by atoms with Gasteiger partial charge >= 0.3 is 5.97 Å². The predicted molar refractivity (Wildman–Crippen MR) is 75.3 cm³/mol. The molecule has 1 saturated heterocycles. The first-order valence-electron chi connectivity index (χ1n) is 7.64. The maximum absolute atomic E-state index is 11.7. The molecule has 0 unspecified atom stereocenters. The Morgan fingerprint density at radius 1 is 1.35 bits per heavy atom. The molecule has 0 atom stereocenters. The van der Waals surface area contributed by atoms with Crippen LogP contribution in [0.5, 0.6) is 0 Å². The summed E-state index contributed by atoms with van der Waals surface area (Å²) in [5.41, 5.74) is -0.456. The lowest BCUT2D eigenvalue weighted by Crippen LogP contribution is -2.51. The number of hydrogen-bond acceptors (Lipinski definition) is 5. The van der Waals surface area contributed by atoms with E-state index in [2.05, 4.69) is 12.2 Å². The molecule has 2 aliphatic rings. The highest BCUT2D eigenvalue weighted by Gasteiger charge is 2.38. The van der Waals surface area contributed by atoms with Gasteiger partial charge in [-0.3, -0.25) is 4.79 Å². The fourth-order valence-electron chi connectivity index (χ4n) is 2.98. The fraction of sp³-hybridized carbons (Fsp3) is 0.933. The van der Waals surface area contributed by atoms with E-state index in [9.17, 15) is 9.90 Å². The Hall–Kier alpha value is -0.650. The van der Waals surface area contributed by atoms with Crippen molar-refractivity contribution < 1.29 is 19.4 Å². The van der Waals surface area contributed by atoms with Gasteiger partial charge in [-0.2, -0.15) is 0 Å². The third kappa shape index (κ3) is 3.93. The first-order chi connectivity index (χ1) is 9.46. The molecule has 1 saturated carbocycles. The lowest BCUT2D eigenvalue weighted by molar-refractivity contribution is -0.151. The van der Waals surface area contributed by atoms with Crippen LogP contribution in [0.3, 0.4) is 0 Å². The zero-order chi connectivity index (χ0) is 14.6. The molecule has 5 heteroatoms. The highest BCUT2D eigenvalue weighted by molar-refractivity contribution is 5.72. The molecule has 5 nitrogen and oxygen atoms in total. The van der Waals surface area contributed by atoms with Crippen LogP contribution in [0.1, 0.15) is 39.5 Å². The number of nitrogens with one attached hydrogen (secondary N) is 1. The van der Waals surface area contributed by atoms with Gasteiger partial charge in [0.1, 0.15) is 0 Å². The number of carbonyl (C=O) groups excluding carboxylic acids is 1. The summed E-state index contributed by atoms with van der Waals surface area (Å²) in [6, 6.07) is 0. The fourth-order valence-corrected chi connectivity index (χ4v) is 2.98. The lowest BCUT2D eigenvalue weighted by atomic mass is 9.78. The van der Waals surface area contributed by atoms with Crippen molar-refractivity contribution in [2.75, 3.05) is 32.9 Å². The van der Waals surface area contributed by atoms with Crippen LogP contribution in [0.4, 0.5) is 0 Å². The molecule has 116 valence electrons. The zero-order valence-electron chi connectivity index (χ0n) is 12.6. The van der Waals surface area contributed by atoms with E-state index in [0.717, 1.165) is 32.6 Å².